The maximum atomic E-state index is 12.8. The monoisotopic (exact) mass is 514 g/mol. The Hall–Kier alpha value is -1.90. The molecule has 3 N–H and O–H groups in total. The van der Waals surface area contributed by atoms with Crippen LogP contribution in [-0.4, -0.2) is 64.7 Å². The number of fused-ring (bicyclic) bond motifs is 5. The molecule has 0 radical (unpaired) electrons. The van der Waals surface area contributed by atoms with Gasteiger partial charge in [-0.1, -0.05) is 13.8 Å². The third-order valence-corrected chi connectivity index (χ3v) is 11.7. The number of rotatable bonds is 2. The van der Waals surface area contributed by atoms with Crippen LogP contribution in [0.4, 0.5) is 4.79 Å². The molecular weight excluding hydrogens is 472 g/mol. The molecule has 4 aliphatic carbocycles. The van der Waals surface area contributed by atoms with Gasteiger partial charge in [-0.25, -0.2) is 9.59 Å². The summed E-state index contributed by atoms with van der Waals surface area (Å²) in [6.07, 6.45) is 8.77. The van der Waals surface area contributed by atoms with Gasteiger partial charge in [-0.15, -0.1) is 0 Å². The van der Waals surface area contributed by atoms with E-state index in [0.29, 0.717) is 39.1 Å². The number of hydrogen-bond donors (Lipinski definition) is 3. The zero-order chi connectivity index (χ0) is 26.1. The fourth-order valence-electron chi connectivity index (χ4n) is 9.48. The van der Waals surface area contributed by atoms with Gasteiger partial charge in [0.2, 0.25) is 0 Å². The largest absolute Gasteiger partial charge is 0.431 e. The van der Waals surface area contributed by atoms with Gasteiger partial charge in [0.05, 0.1) is 30.7 Å². The molecule has 8 atom stereocenters. The number of ether oxygens (including phenoxy) is 1. The molecule has 0 spiro atoms. The van der Waals surface area contributed by atoms with E-state index < -0.39 is 11.2 Å². The van der Waals surface area contributed by atoms with Crippen LogP contribution in [0.25, 0.3) is 0 Å². The second-order valence-corrected chi connectivity index (χ2v) is 13.0. The van der Waals surface area contributed by atoms with Gasteiger partial charge in [-0.3, -0.25) is 0 Å². The first-order valence-electron chi connectivity index (χ1n) is 14.3. The molecule has 1 saturated heterocycles. The van der Waals surface area contributed by atoms with Crippen LogP contribution in [0, 0.1) is 22.7 Å². The molecule has 8 heteroatoms. The number of morpholine rings is 1. The Labute approximate surface area is 218 Å². The summed E-state index contributed by atoms with van der Waals surface area (Å²) in [6, 6.07) is 3.27. The van der Waals surface area contributed by atoms with Crippen molar-refractivity contribution in [3.8, 4) is 0 Å². The van der Waals surface area contributed by atoms with E-state index in [4.69, 9.17) is 9.15 Å². The second kappa shape index (κ2) is 8.82. The van der Waals surface area contributed by atoms with Crippen molar-refractivity contribution in [1.82, 2.24) is 10.2 Å². The average Bonchev–Trinajstić information content (AvgIpc) is 3.17. The van der Waals surface area contributed by atoms with Crippen LogP contribution in [-0.2, 0) is 4.74 Å². The molecule has 5 fully saturated rings. The number of amides is 2. The highest BCUT2D eigenvalue weighted by atomic mass is 16.5. The van der Waals surface area contributed by atoms with E-state index in [1.807, 2.05) is 11.0 Å². The lowest BCUT2D eigenvalue weighted by molar-refractivity contribution is -0.247. The fourth-order valence-corrected chi connectivity index (χ4v) is 9.48. The molecule has 5 aliphatic rings. The smallest absolute Gasteiger partial charge is 0.335 e. The van der Waals surface area contributed by atoms with Crippen LogP contribution in [0.2, 0.25) is 0 Å². The topological polar surface area (TPSA) is 112 Å². The van der Waals surface area contributed by atoms with Crippen molar-refractivity contribution in [1.29, 1.82) is 0 Å². The van der Waals surface area contributed by atoms with E-state index in [1.165, 1.54) is 6.07 Å². The summed E-state index contributed by atoms with van der Waals surface area (Å²) in [5.74, 6) is 0.534. The van der Waals surface area contributed by atoms with E-state index in [9.17, 15) is 19.8 Å². The molecule has 204 valence electrons. The number of nitrogens with one attached hydrogen (secondary N) is 1. The molecule has 8 nitrogen and oxygen atoms in total. The van der Waals surface area contributed by atoms with Crippen LogP contribution >= 0.6 is 0 Å². The summed E-state index contributed by atoms with van der Waals surface area (Å²) in [6.45, 7) is 6.84. The van der Waals surface area contributed by atoms with Gasteiger partial charge in [0, 0.05) is 30.6 Å². The quantitative estimate of drug-likeness (QED) is 0.558. The van der Waals surface area contributed by atoms with E-state index in [1.54, 1.807) is 6.26 Å². The van der Waals surface area contributed by atoms with Gasteiger partial charge in [-0.05, 0) is 92.6 Å². The molecule has 1 aromatic heterocycles. The summed E-state index contributed by atoms with van der Waals surface area (Å²) < 4.78 is 10.6. The van der Waals surface area contributed by atoms with Crippen LogP contribution in [0.15, 0.2) is 27.6 Å². The van der Waals surface area contributed by atoms with E-state index >= 15 is 0 Å². The molecule has 6 rings (SSSR count). The highest BCUT2D eigenvalue weighted by molar-refractivity contribution is 5.74. The summed E-state index contributed by atoms with van der Waals surface area (Å²) >= 11 is 0. The highest BCUT2D eigenvalue weighted by Crippen LogP contribution is 2.71. The molecule has 37 heavy (non-hydrogen) atoms. The zero-order valence-corrected chi connectivity index (χ0v) is 22.2. The van der Waals surface area contributed by atoms with Gasteiger partial charge >= 0.3 is 11.7 Å². The van der Waals surface area contributed by atoms with Crippen molar-refractivity contribution < 1.29 is 24.2 Å². The molecule has 2 amide bonds. The van der Waals surface area contributed by atoms with Gasteiger partial charge < -0.3 is 29.6 Å². The minimum absolute atomic E-state index is 0.0366. The standard InChI is InChI=1S/C29H42N2O6/c1-26-9-5-20(30-25(33)31-13-15-36-16-14-31)17-28(26,34)11-7-23-22(26)6-10-27(2)21(8-12-29(23,27)35)19-3-4-24(32)37-18-19/h3-4,18,20-23,34-35H,5-17H2,1-2H3,(H,30,33)/t20?,21-,22+,23-,26-,27-,28?,29+/m1/s1. The Morgan fingerprint density at radius 2 is 1.70 bits per heavy atom. The van der Waals surface area contributed by atoms with Crippen molar-refractivity contribution in [2.24, 2.45) is 22.7 Å². The van der Waals surface area contributed by atoms with Crippen molar-refractivity contribution in [2.45, 2.75) is 94.8 Å². The lowest BCUT2D eigenvalue weighted by Gasteiger charge is -2.66. The van der Waals surface area contributed by atoms with Crippen molar-refractivity contribution in [2.75, 3.05) is 26.3 Å². The molecule has 4 saturated carbocycles. The summed E-state index contributed by atoms with van der Waals surface area (Å²) in [5, 5.41) is 27.7. The van der Waals surface area contributed by atoms with E-state index in [-0.39, 0.29) is 46.3 Å². The third-order valence-electron chi connectivity index (χ3n) is 11.7. The van der Waals surface area contributed by atoms with E-state index in [0.717, 1.165) is 50.5 Å². The molecule has 1 aliphatic heterocycles. The molecule has 1 aromatic rings. The molecule has 0 bridgehead atoms. The minimum atomic E-state index is -0.847. The van der Waals surface area contributed by atoms with Gasteiger partial charge in [-0.2, -0.15) is 0 Å². The van der Waals surface area contributed by atoms with Crippen LogP contribution in [0.3, 0.4) is 0 Å². The van der Waals surface area contributed by atoms with Crippen LogP contribution < -0.4 is 10.9 Å². The maximum Gasteiger partial charge on any atom is 0.335 e. The Morgan fingerprint density at radius 1 is 0.973 bits per heavy atom. The Morgan fingerprint density at radius 3 is 2.43 bits per heavy atom. The first kappa shape index (κ1) is 25.4. The number of carbonyl (C=O) groups excluding carboxylic acids is 1. The van der Waals surface area contributed by atoms with Crippen LogP contribution in [0.1, 0.15) is 83.1 Å². The maximum absolute atomic E-state index is 12.8. The SMILES string of the molecule is C[C@]12CCC(NC(=O)N3CCOCC3)CC1(O)CC[C@@H]1[C@@H]2CC[C@]2(C)[C@@H](c3ccc(=O)oc3)CC[C@]12O. The van der Waals surface area contributed by atoms with Crippen molar-refractivity contribution in [3.05, 3.63) is 34.4 Å². The van der Waals surface area contributed by atoms with E-state index in [2.05, 4.69) is 19.2 Å². The molecule has 0 aromatic carbocycles. The van der Waals surface area contributed by atoms with Gasteiger partial charge in [0.1, 0.15) is 0 Å². The Bertz CT molecular complexity index is 1080. The number of carbonyl (C=O) groups is 1. The summed E-state index contributed by atoms with van der Waals surface area (Å²) in [5.41, 5.74) is -1.56. The first-order valence-corrected chi connectivity index (χ1v) is 14.3. The van der Waals surface area contributed by atoms with Crippen molar-refractivity contribution in [3.63, 3.8) is 0 Å². The summed E-state index contributed by atoms with van der Waals surface area (Å²) in [4.78, 5) is 26.2. The zero-order valence-electron chi connectivity index (χ0n) is 22.2. The van der Waals surface area contributed by atoms with Gasteiger partial charge in [0.25, 0.3) is 0 Å². The van der Waals surface area contributed by atoms with Crippen molar-refractivity contribution >= 4 is 6.03 Å². The predicted octanol–water partition coefficient (Wildman–Crippen LogP) is 3.41. The summed E-state index contributed by atoms with van der Waals surface area (Å²) in [7, 11) is 0. The number of aliphatic hydroxyl groups is 2. The lowest BCUT2D eigenvalue weighted by Crippen LogP contribution is -2.68. The van der Waals surface area contributed by atoms with Gasteiger partial charge in [0.15, 0.2) is 0 Å². The third kappa shape index (κ3) is 3.73. The number of urea groups is 1. The Kier molecular flexibility index (Phi) is 6.05. The normalized spacial score (nSPS) is 45.5. The number of hydrogen-bond acceptors (Lipinski definition) is 6. The molecule has 2 unspecified atom stereocenters. The first-order chi connectivity index (χ1) is 17.6. The second-order valence-electron chi connectivity index (χ2n) is 13.0. The lowest BCUT2D eigenvalue weighted by atomic mass is 9.42. The van der Waals surface area contributed by atoms with Crippen LogP contribution in [0.5, 0.6) is 0 Å². The Balaban J connectivity index is 1.20. The molecular formula is C29H42N2O6. The highest BCUT2D eigenvalue weighted by Gasteiger charge is 2.70. The average molecular weight is 515 g/mol. The molecule has 2 heterocycles. The fraction of sp³-hybridized carbons (Fsp3) is 0.793. The number of nitrogens with zero attached hydrogens (tertiary/aromatic N) is 1. The predicted molar refractivity (Wildman–Crippen MR) is 137 cm³/mol. The minimum Gasteiger partial charge on any atom is -0.431 e.